The average Bonchev–Trinajstić information content (AvgIpc) is 2.30. The number of benzene rings is 1. The molecule has 0 fully saturated rings. The highest BCUT2D eigenvalue weighted by atomic mass is 14.8. The molecule has 0 aliphatic heterocycles. The van der Waals surface area contributed by atoms with Crippen molar-refractivity contribution in [2.45, 2.75) is 13.3 Å². The van der Waals surface area contributed by atoms with E-state index < -0.39 is 0 Å². The van der Waals surface area contributed by atoms with Gasteiger partial charge in [-0.15, -0.1) is 0 Å². The van der Waals surface area contributed by atoms with Gasteiger partial charge in [-0.3, -0.25) is 5.41 Å². The number of nitrogens with one attached hydrogen (secondary N) is 2. The minimum atomic E-state index is 0.0631. The molecule has 0 saturated heterocycles. The fourth-order valence-corrected chi connectivity index (χ4v) is 1.16. The molecular formula is C13H17N3. The van der Waals surface area contributed by atoms with Crippen LogP contribution in [-0.2, 0) is 0 Å². The first-order chi connectivity index (χ1) is 7.74. The number of amidine groups is 1. The number of hydrogen-bond donors (Lipinski definition) is 3. The predicted molar refractivity (Wildman–Crippen MR) is 69.5 cm³/mol. The van der Waals surface area contributed by atoms with Gasteiger partial charge in [-0.1, -0.05) is 37.3 Å². The van der Waals surface area contributed by atoms with Crippen LogP contribution in [0.5, 0.6) is 0 Å². The highest BCUT2D eigenvalue weighted by Gasteiger charge is 1.95. The number of para-hydroxylation sites is 1. The number of rotatable bonds is 5. The molecule has 1 aromatic carbocycles. The van der Waals surface area contributed by atoms with Crippen molar-refractivity contribution in [3.05, 3.63) is 54.3 Å². The monoisotopic (exact) mass is 215 g/mol. The van der Waals surface area contributed by atoms with Crippen molar-refractivity contribution in [2.75, 3.05) is 5.32 Å². The lowest BCUT2D eigenvalue weighted by atomic mass is 10.2. The van der Waals surface area contributed by atoms with E-state index in [1.807, 2.05) is 49.4 Å². The Morgan fingerprint density at radius 2 is 2.06 bits per heavy atom. The zero-order valence-electron chi connectivity index (χ0n) is 9.40. The lowest BCUT2D eigenvalue weighted by molar-refractivity contribution is 1.22. The van der Waals surface area contributed by atoms with E-state index in [1.54, 1.807) is 6.20 Å². The first-order valence-electron chi connectivity index (χ1n) is 5.26. The summed E-state index contributed by atoms with van der Waals surface area (Å²) in [5.74, 6) is 0.0631. The molecule has 4 N–H and O–H groups in total. The summed E-state index contributed by atoms with van der Waals surface area (Å²) < 4.78 is 0. The molecule has 0 aliphatic rings. The van der Waals surface area contributed by atoms with Gasteiger partial charge in [0.05, 0.1) is 0 Å². The van der Waals surface area contributed by atoms with Crippen molar-refractivity contribution in [3.8, 4) is 0 Å². The molecule has 0 heterocycles. The molecular weight excluding hydrogens is 198 g/mol. The topological polar surface area (TPSA) is 61.9 Å². The molecule has 0 amide bonds. The van der Waals surface area contributed by atoms with Crippen LogP contribution in [0.15, 0.2) is 54.3 Å². The highest BCUT2D eigenvalue weighted by Crippen LogP contribution is 2.06. The maximum atomic E-state index is 7.41. The van der Waals surface area contributed by atoms with E-state index in [2.05, 4.69) is 5.32 Å². The molecule has 0 atom stereocenters. The van der Waals surface area contributed by atoms with E-state index in [9.17, 15) is 0 Å². The van der Waals surface area contributed by atoms with Gasteiger partial charge in [-0.2, -0.15) is 0 Å². The highest BCUT2D eigenvalue weighted by molar-refractivity contribution is 5.97. The van der Waals surface area contributed by atoms with Gasteiger partial charge < -0.3 is 11.1 Å². The third-order valence-electron chi connectivity index (χ3n) is 2.01. The standard InChI is InChI=1S/C13H17N3/c1-2-3-7-11(13(14)15)10-16-12-8-5-4-6-9-12/h3-10,16H,2H2,1H3,(H3,14,15)/b7-3+,11-10-. The normalized spacial score (nSPS) is 11.7. The van der Waals surface area contributed by atoms with Gasteiger partial charge in [0.1, 0.15) is 5.84 Å². The van der Waals surface area contributed by atoms with E-state index in [-0.39, 0.29) is 5.84 Å². The summed E-state index contributed by atoms with van der Waals surface area (Å²) in [6, 6.07) is 9.77. The average molecular weight is 215 g/mol. The summed E-state index contributed by atoms with van der Waals surface area (Å²) in [6.07, 6.45) is 6.48. The van der Waals surface area contributed by atoms with Crippen LogP contribution in [0, 0.1) is 5.41 Å². The SMILES string of the molecule is CC/C=C/C(=C/Nc1ccccc1)C(=N)N. The first-order valence-corrected chi connectivity index (χ1v) is 5.26. The molecule has 0 aromatic heterocycles. The van der Waals surface area contributed by atoms with E-state index in [1.165, 1.54) is 0 Å². The second-order valence-electron chi connectivity index (χ2n) is 3.33. The maximum absolute atomic E-state index is 7.41. The fourth-order valence-electron chi connectivity index (χ4n) is 1.16. The van der Waals surface area contributed by atoms with Crippen LogP contribution in [0.1, 0.15) is 13.3 Å². The largest absolute Gasteiger partial charge is 0.384 e. The van der Waals surface area contributed by atoms with Crippen LogP contribution in [0.25, 0.3) is 0 Å². The van der Waals surface area contributed by atoms with E-state index in [0.717, 1.165) is 12.1 Å². The Morgan fingerprint density at radius 3 is 2.62 bits per heavy atom. The molecule has 0 saturated carbocycles. The first kappa shape index (κ1) is 12.0. The number of allylic oxidation sites excluding steroid dienone is 1. The third-order valence-corrected chi connectivity index (χ3v) is 2.01. The molecule has 0 bridgehead atoms. The van der Waals surface area contributed by atoms with Crippen molar-refractivity contribution < 1.29 is 0 Å². The smallest absolute Gasteiger partial charge is 0.124 e. The Balaban J connectivity index is 2.72. The van der Waals surface area contributed by atoms with E-state index >= 15 is 0 Å². The minimum absolute atomic E-state index is 0.0631. The van der Waals surface area contributed by atoms with Crippen LogP contribution in [-0.4, -0.2) is 5.84 Å². The van der Waals surface area contributed by atoms with Crippen LogP contribution in [0.2, 0.25) is 0 Å². The molecule has 1 aromatic rings. The molecule has 3 nitrogen and oxygen atoms in total. The van der Waals surface area contributed by atoms with Crippen LogP contribution in [0.4, 0.5) is 5.69 Å². The van der Waals surface area contributed by atoms with Crippen LogP contribution in [0.3, 0.4) is 0 Å². The second-order valence-corrected chi connectivity index (χ2v) is 3.33. The van der Waals surface area contributed by atoms with Crippen LogP contribution < -0.4 is 11.1 Å². The summed E-state index contributed by atoms with van der Waals surface area (Å²) in [4.78, 5) is 0. The molecule has 0 spiro atoms. The minimum Gasteiger partial charge on any atom is -0.384 e. The van der Waals surface area contributed by atoms with Gasteiger partial charge in [0.15, 0.2) is 0 Å². The van der Waals surface area contributed by atoms with Gasteiger partial charge in [0.25, 0.3) is 0 Å². The summed E-state index contributed by atoms with van der Waals surface area (Å²) in [5.41, 5.74) is 7.13. The summed E-state index contributed by atoms with van der Waals surface area (Å²) in [7, 11) is 0. The molecule has 1 rings (SSSR count). The third kappa shape index (κ3) is 4.00. The van der Waals surface area contributed by atoms with Crippen molar-refractivity contribution in [1.82, 2.24) is 0 Å². The molecule has 0 unspecified atom stereocenters. The van der Waals surface area contributed by atoms with Gasteiger partial charge in [0.2, 0.25) is 0 Å². The quantitative estimate of drug-likeness (QED) is 0.402. The Morgan fingerprint density at radius 1 is 1.38 bits per heavy atom. The van der Waals surface area contributed by atoms with Gasteiger partial charge in [0, 0.05) is 17.5 Å². The Hall–Kier alpha value is -2.03. The molecule has 0 aliphatic carbocycles. The maximum Gasteiger partial charge on any atom is 0.124 e. The van der Waals surface area contributed by atoms with Crippen molar-refractivity contribution in [1.29, 1.82) is 5.41 Å². The molecule has 0 radical (unpaired) electrons. The van der Waals surface area contributed by atoms with E-state index in [0.29, 0.717) is 5.57 Å². The zero-order valence-corrected chi connectivity index (χ0v) is 9.40. The Labute approximate surface area is 96.2 Å². The number of hydrogen-bond acceptors (Lipinski definition) is 2. The molecule has 84 valence electrons. The van der Waals surface area contributed by atoms with Gasteiger partial charge >= 0.3 is 0 Å². The molecule has 3 heteroatoms. The summed E-state index contributed by atoms with van der Waals surface area (Å²) in [5, 5.41) is 10.5. The Bertz CT molecular complexity index is 391. The van der Waals surface area contributed by atoms with Gasteiger partial charge in [-0.25, -0.2) is 0 Å². The Kier molecular flexibility index (Phi) is 4.86. The van der Waals surface area contributed by atoms with Crippen molar-refractivity contribution in [2.24, 2.45) is 5.73 Å². The van der Waals surface area contributed by atoms with Crippen molar-refractivity contribution in [3.63, 3.8) is 0 Å². The fraction of sp³-hybridized carbons (Fsp3) is 0.154. The lowest BCUT2D eigenvalue weighted by Crippen LogP contribution is -2.12. The van der Waals surface area contributed by atoms with E-state index in [4.69, 9.17) is 11.1 Å². The predicted octanol–water partition coefficient (Wildman–Crippen LogP) is 2.88. The summed E-state index contributed by atoms with van der Waals surface area (Å²) >= 11 is 0. The molecule has 16 heavy (non-hydrogen) atoms. The zero-order chi connectivity index (χ0) is 11.8. The number of nitrogens with two attached hydrogens (primary N) is 1. The second kappa shape index (κ2) is 6.45. The summed E-state index contributed by atoms with van der Waals surface area (Å²) in [6.45, 7) is 2.04. The lowest BCUT2D eigenvalue weighted by Gasteiger charge is -2.03. The van der Waals surface area contributed by atoms with Gasteiger partial charge in [-0.05, 0) is 18.6 Å². The van der Waals surface area contributed by atoms with Crippen LogP contribution >= 0.6 is 0 Å². The van der Waals surface area contributed by atoms with Crippen molar-refractivity contribution >= 4 is 11.5 Å². The number of anilines is 1.